The third kappa shape index (κ3) is 3.37. The number of amides is 3. The molecule has 148 valence electrons. The van der Waals surface area contributed by atoms with Crippen molar-refractivity contribution in [1.82, 2.24) is 0 Å². The lowest BCUT2D eigenvalue weighted by Gasteiger charge is -2.19. The average molecular weight is 388 g/mol. The van der Waals surface area contributed by atoms with Crippen molar-refractivity contribution in [3.8, 4) is 0 Å². The topological polar surface area (TPSA) is 66.5 Å². The van der Waals surface area contributed by atoms with E-state index in [1.54, 1.807) is 24.3 Å². The Morgan fingerprint density at radius 2 is 1.72 bits per heavy atom. The molecule has 0 unspecified atom stereocenters. The van der Waals surface area contributed by atoms with E-state index in [9.17, 15) is 14.4 Å². The summed E-state index contributed by atoms with van der Waals surface area (Å²) in [5.74, 6) is -1.40. The molecule has 0 saturated carbocycles. The van der Waals surface area contributed by atoms with E-state index in [1.807, 2.05) is 44.2 Å². The van der Waals surface area contributed by atoms with Crippen LogP contribution in [0.25, 0.3) is 0 Å². The molecule has 1 saturated heterocycles. The highest BCUT2D eigenvalue weighted by Crippen LogP contribution is 2.40. The molecule has 1 heterocycles. The normalized spacial score (nSPS) is 21.0. The molecular weight excluding hydrogens is 364 g/mol. The summed E-state index contributed by atoms with van der Waals surface area (Å²) >= 11 is 0. The van der Waals surface area contributed by atoms with Crippen LogP contribution in [0.15, 0.2) is 60.2 Å². The van der Waals surface area contributed by atoms with Crippen molar-refractivity contribution in [2.75, 3.05) is 10.2 Å². The minimum atomic E-state index is -0.330. The van der Waals surface area contributed by atoms with E-state index >= 15 is 0 Å². The molecule has 1 aliphatic carbocycles. The molecule has 29 heavy (non-hydrogen) atoms. The number of fused-ring (bicyclic) bond motifs is 1. The molecule has 1 fully saturated rings. The zero-order valence-corrected chi connectivity index (χ0v) is 16.6. The number of carbonyl (C=O) groups is 3. The standard InChI is InChI=1S/C24H24N2O3/c1-3-16-8-4-6-10-20(16)25-22(27)18-9-5-7-11-21(18)26-23(28)17-13-12-15(2)14-19(17)24(26)29/h4-12,17,19H,3,13-14H2,1-2H3,(H,25,27)/t17-,19+/m1/s1. The fourth-order valence-corrected chi connectivity index (χ4v) is 4.28. The predicted molar refractivity (Wildman–Crippen MR) is 113 cm³/mol. The molecule has 0 aromatic heterocycles. The van der Waals surface area contributed by atoms with Crippen LogP contribution in [0, 0.1) is 11.8 Å². The third-order valence-electron chi connectivity index (χ3n) is 5.86. The van der Waals surface area contributed by atoms with Gasteiger partial charge in [0.05, 0.1) is 23.1 Å². The first-order chi connectivity index (χ1) is 14.0. The Morgan fingerprint density at radius 1 is 1.03 bits per heavy atom. The molecule has 5 nitrogen and oxygen atoms in total. The molecule has 0 bridgehead atoms. The van der Waals surface area contributed by atoms with Gasteiger partial charge in [0.2, 0.25) is 11.8 Å². The lowest BCUT2D eigenvalue weighted by atomic mass is 9.82. The van der Waals surface area contributed by atoms with E-state index in [0.29, 0.717) is 24.1 Å². The number of para-hydroxylation sites is 2. The molecule has 5 heteroatoms. The van der Waals surface area contributed by atoms with E-state index < -0.39 is 0 Å². The van der Waals surface area contributed by atoms with Gasteiger partial charge in [-0.25, -0.2) is 4.90 Å². The molecule has 0 radical (unpaired) electrons. The maximum Gasteiger partial charge on any atom is 0.257 e. The lowest BCUT2D eigenvalue weighted by Crippen LogP contribution is -2.33. The maximum atomic E-state index is 13.1. The summed E-state index contributed by atoms with van der Waals surface area (Å²) < 4.78 is 0. The Bertz CT molecular complexity index is 1020. The summed E-state index contributed by atoms with van der Waals surface area (Å²) in [6.07, 6.45) is 4.01. The van der Waals surface area contributed by atoms with Gasteiger partial charge in [-0.1, -0.05) is 48.9 Å². The predicted octanol–water partition coefficient (Wildman–Crippen LogP) is 4.35. The molecule has 0 spiro atoms. The fourth-order valence-electron chi connectivity index (χ4n) is 4.28. The Balaban J connectivity index is 1.66. The molecule has 2 aromatic rings. The summed E-state index contributed by atoms with van der Waals surface area (Å²) in [7, 11) is 0. The van der Waals surface area contributed by atoms with Crippen LogP contribution in [-0.4, -0.2) is 17.7 Å². The van der Waals surface area contributed by atoms with Gasteiger partial charge in [-0.2, -0.15) is 0 Å². The van der Waals surface area contributed by atoms with Crippen molar-refractivity contribution in [2.45, 2.75) is 33.1 Å². The van der Waals surface area contributed by atoms with Crippen molar-refractivity contribution in [3.63, 3.8) is 0 Å². The first-order valence-electron chi connectivity index (χ1n) is 10.0. The zero-order chi connectivity index (χ0) is 20.5. The first-order valence-corrected chi connectivity index (χ1v) is 10.0. The number of allylic oxidation sites excluding steroid dienone is 2. The van der Waals surface area contributed by atoms with Crippen LogP contribution in [-0.2, 0) is 16.0 Å². The van der Waals surface area contributed by atoms with Crippen LogP contribution in [0.5, 0.6) is 0 Å². The molecule has 2 aliphatic rings. The lowest BCUT2D eigenvalue weighted by molar-refractivity contribution is -0.122. The summed E-state index contributed by atoms with van der Waals surface area (Å²) in [5.41, 5.74) is 3.59. The maximum absolute atomic E-state index is 13.1. The minimum Gasteiger partial charge on any atom is -0.322 e. The minimum absolute atomic E-state index is 0.207. The number of imide groups is 1. The Hall–Kier alpha value is -3.21. The Morgan fingerprint density at radius 3 is 2.52 bits per heavy atom. The monoisotopic (exact) mass is 388 g/mol. The van der Waals surface area contributed by atoms with Gasteiger partial charge in [0.1, 0.15) is 0 Å². The number of benzene rings is 2. The van der Waals surface area contributed by atoms with Crippen molar-refractivity contribution >= 4 is 29.1 Å². The number of hydrogen-bond acceptors (Lipinski definition) is 3. The molecule has 1 N–H and O–H groups in total. The largest absolute Gasteiger partial charge is 0.322 e. The van der Waals surface area contributed by atoms with Gasteiger partial charge in [-0.3, -0.25) is 14.4 Å². The van der Waals surface area contributed by atoms with Crippen LogP contribution in [0.2, 0.25) is 0 Å². The van der Waals surface area contributed by atoms with Gasteiger partial charge in [-0.15, -0.1) is 0 Å². The number of hydrogen-bond donors (Lipinski definition) is 1. The highest BCUT2D eigenvalue weighted by Gasteiger charge is 2.49. The van der Waals surface area contributed by atoms with Gasteiger partial charge in [0.25, 0.3) is 5.91 Å². The van der Waals surface area contributed by atoms with Crippen molar-refractivity contribution in [3.05, 3.63) is 71.3 Å². The van der Waals surface area contributed by atoms with Crippen molar-refractivity contribution in [2.24, 2.45) is 11.8 Å². The van der Waals surface area contributed by atoms with Crippen LogP contribution >= 0.6 is 0 Å². The second-order valence-electron chi connectivity index (χ2n) is 7.70. The van der Waals surface area contributed by atoms with Gasteiger partial charge < -0.3 is 5.32 Å². The fraction of sp³-hybridized carbons (Fsp3) is 0.292. The number of carbonyl (C=O) groups excluding carboxylic acids is 3. The van der Waals surface area contributed by atoms with E-state index in [1.165, 1.54) is 4.90 Å². The van der Waals surface area contributed by atoms with E-state index in [4.69, 9.17) is 0 Å². The number of anilines is 2. The summed E-state index contributed by atoms with van der Waals surface area (Å²) in [6, 6.07) is 14.4. The molecule has 2 aromatic carbocycles. The number of aryl methyl sites for hydroxylation is 1. The average Bonchev–Trinajstić information content (AvgIpc) is 2.98. The summed E-state index contributed by atoms with van der Waals surface area (Å²) in [4.78, 5) is 40.4. The molecule has 1 aliphatic heterocycles. The molecular formula is C24H24N2O3. The first kappa shape index (κ1) is 19.1. The Labute approximate surface area is 170 Å². The van der Waals surface area contributed by atoms with Crippen LogP contribution in [0.1, 0.15) is 42.6 Å². The second kappa shape index (κ2) is 7.66. The highest BCUT2D eigenvalue weighted by atomic mass is 16.2. The summed E-state index contributed by atoms with van der Waals surface area (Å²) in [5, 5.41) is 2.94. The molecule has 3 amide bonds. The second-order valence-corrected chi connectivity index (χ2v) is 7.70. The Kier molecular flexibility index (Phi) is 5.05. The third-order valence-corrected chi connectivity index (χ3v) is 5.86. The zero-order valence-electron chi connectivity index (χ0n) is 16.6. The van der Waals surface area contributed by atoms with Gasteiger partial charge in [-0.05, 0) is 49.9 Å². The number of rotatable bonds is 4. The van der Waals surface area contributed by atoms with Gasteiger partial charge >= 0.3 is 0 Å². The smallest absolute Gasteiger partial charge is 0.257 e. The number of nitrogens with one attached hydrogen (secondary N) is 1. The van der Waals surface area contributed by atoms with E-state index in [-0.39, 0.29) is 29.6 Å². The van der Waals surface area contributed by atoms with Gasteiger partial charge in [0.15, 0.2) is 0 Å². The molecule has 4 rings (SSSR count). The molecule has 2 atom stereocenters. The van der Waals surface area contributed by atoms with Crippen molar-refractivity contribution < 1.29 is 14.4 Å². The van der Waals surface area contributed by atoms with E-state index in [0.717, 1.165) is 23.2 Å². The number of nitrogens with zero attached hydrogens (tertiary/aromatic N) is 1. The SMILES string of the molecule is CCc1ccccc1NC(=O)c1ccccc1N1C(=O)[C@H]2CC(C)=CC[C@H]2C1=O. The van der Waals surface area contributed by atoms with Crippen molar-refractivity contribution in [1.29, 1.82) is 0 Å². The van der Waals surface area contributed by atoms with Crippen LogP contribution < -0.4 is 10.2 Å². The van der Waals surface area contributed by atoms with Crippen LogP contribution in [0.4, 0.5) is 11.4 Å². The highest BCUT2D eigenvalue weighted by molar-refractivity contribution is 6.25. The van der Waals surface area contributed by atoms with E-state index in [2.05, 4.69) is 5.32 Å². The quantitative estimate of drug-likeness (QED) is 0.626. The summed E-state index contributed by atoms with van der Waals surface area (Å²) in [6.45, 7) is 4.02. The van der Waals surface area contributed by atoms with Crippen LogP contribution in [0.3, 0.4) is 0 Å². The van der Waals surface area contributed by atoms with Gasteiger partial charge in [0, 0.05) is 5.69 Å².